The third-order valence-corrected chi connectivity index (χ3v) is 10.8. The van der Waals surface area contributed by atoms with Gasteiger partial charge in [0.2, 0.25) is 0 Å². The molecular weight excluding hydrogens is 707 g/mol. The molecule has 0 aromatic carbocycles. The zero-order chi connectivity index (χ0) is 41.1. The number of ether oxygens (including phenoxy) is 2. The van der Waals surface area contributed by atoms with Gasteiger partial charge < -0.3 is 14.6 Å². The molecule has 1 saturated carbocycles. The van der Waals surface area contributed by atoms with Gasteiger partial charge in [0.25, 0.3) is 0 Å². The fraction of sp³-hybridized carbons (Fsp3) is 0.725. The van der Waals surface area contributed by atoms with Crippen LogP contribution in [0.1, 0.15) is 194 Å². The summed E-state index contributed by atoms with van der Waals surface area (Å²) in [4.78, 5) is 27.8. The molecule has 0 bridgehead atoms. The molecule has 1 aliphatic carbocycles. The first-order chi connectivity index (χ1) is 28.1. The molecule has 1 aliphatic rings. The van der Waals surface area contributed by atoms with Crippen LogP contribution in [0.25, 0.3) is 0 Å². The molecule has 0 amide bonds. The van der Waals surface area contributed by atoms with Gasteiger partial charge in [-0.25, -0.2) is 0 Å². The molecule has 0 saturated heterocycles. The van der Waals surface area contributed by atoms with E-state index in [0.29, 0.717) is 32.1 Å². The summed E-state index contributed by atoms with van der Waals surface area (Å²) in [6.45, 7) is 6.86. The maximum Gasteiger partial charge on any atom is 0.305 e. The van der Waals surface area contributed by atoms with Crippen molar-refractivity contribution in [3.8, 4) is 0 Å². The Hall–Kier alpha value is -2.70. The number of hydrogen-bond acceptors (Lipinski definition) is 6. The lowest BCUT2D eigenvalue weighted by Gasteiger charge is -2.34. The number of unbranched alkanes of at least 4 members (excludes halogenated alkanes) is 11. The largest absolute Gasteiger partial charge is 0.465 e. The number of aliphatic hydroxyl groups excluding tert-OH is 1. The molecule has 0 aromatic heterocycles. The Balaban J connectivity index is 2.33. The van der Waals surface area contributed by atoms with Crippen molar-refractivity contribution in [3.05, 3.63) is 72.9 Å². The molecule has 0 aliphatic heterocycles. The summed E-state index contributed by atoms with van der Waals surface area (Å²) < 4.78 is 11.5. The van der Waals surface area contributed by atoms with Crippen LogP contribution in [0.4, 0.5) is 0 Å². The zero-order valence-corrected chi connectivity index (χ0v) is 36.9. The van der Waals surface area contributed by atoms with Gasteiger partial charge >= 0.3 is 11.9 Å². The van der Waals surface area contributed by atoms with E-state index in [1.165, 1.54) is 57.8 Å². The number of hydrogen-bond donors (Lipinski definition) is 1. The van der Waals surface area contributed by atoms with E-state index in [-0.39, 0.29) is 24.5 Å². The minimum atomic E-state index is -0.137. The van der Waals surface area contributed by atoms with Crippen molar-refractivity contribution in [3.63, 3.8) is 0 Å². The van der Waals surface area contributed by atoms with Gasteiger partial charge in [0.1, 0.15) is 0 Å². The number of aliphatic hydroxyl groups is 1. The predicted molar refractivity (Wildman–Crippen MR) is 243 cm³/mol. The maximum atomic E-state index is 12.7. The Morgan fingerprint density at radius 2 is 0.982 bits per heavy atom. The molecular formula is C51H87NO5. The van der Waals surface area contributed by atoms with Crippen LogP contribution in [-0.2, 0) is 19.1 Å². The Morgan fingerprint density at radius 1 is 0.544 bits per heavy atom. The standard InChI is InChI=1S/C51H87NO5/c1-3-5-7-9-11-13-15-17-19-21-23-25-27-29-34-41-50(54)56-46-48(38-36-37-43-52(44-45-53)49-39-32-31-33-40-49)47-57-51(55)42-35-30-28-26-24-22-20-18-16-14-12-10-8-6-4-2/h5-8,11-14,17-20,48-49,53H,3-4,9-10,15-16,21-47H2,1-2H3/b7-5-,8-6-,13-11-,14-12-,19-17-,20-18-. The summed E-state index contributed by atoms with van der Waals surface area (Å²) >= 11 is 0. The molecule has 0 spiro atoms. The molecule has 6 heteroatoms. The van der Waals surface area contributed by atoms with Crippen molar-refractivity contribution < 1.29 is 24.2 Å². The lowest BCUT2D eigenvalue weighted by molar-refractivity contribution is -0.149. The summed E-state index contributed by atoms with van der Waals surface area (Å²) in [7, 11) is 0. The van der Waals surface area contributed by atoms with Gasteiger partial charge in [-0.15, -0.1) is 0 Å². The monoisotopic (exact) mass is 794 g/mol. The van der Waals surface area contributed by atoms with Crippen molar-refractivity contribution in [2.45, 2.75) is 200 Å². The topological polar surface area (TPSA) is 76.1 Å². The summed E-state index contributed by atoms with van der Waals surface area (Å²) in [6.07, 6.45) is 56.3. The van der Waals surface area contributed by atoms with Crippen LogP contribution in [0, 0.1) is 5.92 Å². The lowest BCUT2D eigenvalue weighted by Crippen LogP contribution is -2.39. The van der Waals surface area contributed by atoms with E-state index in [0.717, 1.165) is 122 Å². The van der Waals surface area contributed by atoms with Crippen molar-refractivity contribution in [1.82, 2.24) is 4.90 Å². The Bertz CT molecular complexity index is 1030. The number of rotatable bonds is 38. The van der Waals surface area contributed by atoms with Crippen LogP contribution in [0.2, 0.25) is 0 Å². The Morgan fingerprint density at radius 3 is 1.46 bits per heavy atom. The third kappa shape index (κ3) is 35.0. The first-order valence-corrected chi connectivity index (χ1v) is 23.7. The summed E-state index contributed by atoms with van der Waals surface area (Å²) in [5.74, 6) is -0.259. The number of allylic oxidation sites excluding steroid dienone is 12. The second kappa shape index (κ2) is 41.5. The minimum Gasteiger partial charge on any atom is -0.465 e. The summed E-state index contributed by atoms with van der Waals surface area (Å²) in [6, 6.07) is 0.587. The van der Waals surface area contributed by atoms with Gasteiger partial charge in [-0.05, 0) is 109 Å². The number of carbonyl (C=O) groups excluding carboxylic acids is 2. The average Bonchev–Trinajstić information content (AvgIpc) is 3.22. The van der Waals surface area contributed by atoms with E-state index in [2.05, 4.69) is 91.7 Å². The quantitative estimate of drug-likeness (QED) is 0.0381. The number of carbonyl (C=O) groups is 2. The van der Waals surface area contributed by atoms with Gasteiger partial charge in [-0.2, -0.15) is 0 Å². The second-order valence-electron chi connectivity index (χ2n) is 16.0. The van der Waals surface area contributed by atoms with E-state index >= 15 is 0 Å². The van der Waals surface area contributed by atoms with Crippen molar-refractivity contribution >= 4 is 11.9 Å². The van der Waals surface area contributed by atoms with Crippen molar-refractivity contribution in [2.24, 2.45) is 5.92 Å². The first kappa shape index (κ1) is 52.3. The van der Waals surface area contributed by atoms with Gasteiger partial charge in [0.05, 0.1) is 19.8 Å². The molecule has 57 heavy (non-hydrogen) atoms. The Labute approximate surface area is 351 Å². The second-order valence-corrected chi connectivity index (χ2v) is 16.0. The number of esters is 2. The van der Waals surface area contributed by atoms with Crippen LogP contribution in [0.15, 0.2) is 72.9 Å². The molecule has 326 valence electrons. The predicted octanol–water partition coefficient (Wildman–Crippen LogP) is 13.7. The van der Waals surface area contributed by atoms with Crippen LogP contribution in [0.5, 0.6) is 0 Å². The van der Waals surface area contributed by atoms with Crippen molar-refractivity contribution in [1.29, 1.82) is 0 Å². The molecule has 0 atom stereocenters. The van der Waals surface area contributed by atoms with Gasteiger partial charge in [0, 0.05) is 31.3 Å². The van der Waals surface area contributed by atoms with E-state index in [9.17, 15) is 14.7 Å². The molecule has 0 unspecified atom stereocenters. The smallest absolute Gasteiger partial charge is 0.305 e. The fourth-order valence-electron chi connectivity index (χ4n) is 7.36. The van der Waals surface area contributed by atoms with Gasteiger partial charge in [-0.1, -0.05) is 151 Å². The zero-order valence-electron chi connectivity index (χ0n) is 36.9. The van der Waals surface area contributed by atoms with Gasteiger partial charge in [0.15, 0.2) is 0 Å². The normalized spacial score (nSPS) is 14.4. The van der Waals surface area contributed by atoms with Crippen LogP contribution in [-0.4, -0.2) is 60.9 Å². The highest BCUT2D eigenvalue weighted by Gasteiger charge is 2.21. The molecule has 1 fully saturated rings. The third-order valence-electron chi connectivity index (χ3n) is 10.8. The molecule has 0 aromatic rings. The molecule has 0 heterocycles. The van der Waals surface area contributed by atoms with Crippen molar-refractivity contribution in [2.75, 3.05) is 32.9 Å². The Kier molecular flexibility index (Phi) is 38.1. The first-order valence-electron chi connectivity index (χ1n) is 23.7. The average molecular weight is 794 g/mol. The minimum absolute atomic E-state index is 0.0155. The lowest BCUT2D eigenvalue weighted by atomic mass is 9.94. The molecule has 1 N–H and O–H groups in total. The van der Waals surface area contributed by atoms with E-state index in [1.54, 1.807) is 0 Å². The highest BCUT2D eigenvalue weighted by atomic mass is 16.5. The van der Waals surface area contributed by atoms with E-state index in [1.807, 2.05) is 0 Å². The highest BCUT2D eigenvalue weighted by molar-refractivity contribution is 5.69. The number of nitrogens with zero attached hydrogens (tertiary/aromatic N) is 1. The highest BCUT2D eigenvalue weighted by Crippen LogP contribution is 2.23. The van der Waals surface area contributed by atoms with Crippen LogP contribution < -0.4 is 0 Å². The molecule has 0 radical (unpaired) electrons. The fourth-order valence-corrected chi connectivity index (χ4v) is 7.36. The van der Waals surface area contributed by atoms with Gasteiger partial charge in [-0.3, -0.25) is 14.5 Å². The van der Waals surface area contributed by atoms with Crippen LogP contribution >= 0.6 is 0 Å². The molecule has 1 rings (SSSR count). The molecule has 6 nitrogen and oxygen atoms in total. The summed E-state index contributed by atoms with van der Waals surface area (Å²) in [5.41, 5.74) is 0. The van der Waals surface area contributed by atoms with Crippen LogP contribution in [0.3, 0.4) is 0 Å². The SMILES string of the molecule is CC/C=C\C/C=C\C/C=C\CCCCCCCC(=O)OCC(CCCCN(CCO)C1CCCCC1)COC(=O)CCCCCCC/C=C\C/C=C\C/C=C\CC. The van der Waals surface area contributed by atoms with E-state index in [4.69, 9.17) is 9.47 Å². The summed E-state index contributed by atoms with van der Waals surface area (Å²) in [5, 5.41) is 9.67. The maximum absolute atomic E-state index is 12.7. The van der Waals surface area contributed by atoms with E-state index < -0.39 is 0 Å².